The van der Waals surface area contributed by atoms with Gasteiger partial charge in [-0.2, -0.15) is 4.98 Å². The average molecular weight is 255 g/mol. The summed E-state index contributed by atoms with van der Waals surface area (Å²) in [6.45, 7) is 0. The molecule has 0 spiro atoms. The monoisotopic (exact) mass is 255 g/mol. The molecule has 0 fully saturated rings. The van der Waals surface area contributed by atoms with E-state index in [1.54, 1.807) is 6.20 Å². The largest absolute Gasteiger partial charge is 0.383 e. The van der Waals surface area contributed by atoms with Crippen LogP contribution in [-0.2, 0) is 11.2 Å². The predicted octanol–water partition coefficient (Wildman–Crippen LogP) is 1.19. The molecule has 0 saturated heterocycles. The quantitative estimate of drug-likeness (QED) is 0.709. The van der Waals surface area contributed by atoms with Crippen molar-refractivity contribution in [2.45, 2.75) is 12.8 Å². The number of carbonyl (C=O) groups is 1. The summed E-state index contributed by atoms with van der Waals surface area (Å²) in [4.78, 5) is 19.2. The highest BCUT2D eigenvalue weighted by Gasteiger charge is 2.16. The first-order valence-corrected chi connectivity index (χ1v) is 5.94. The number of hydrogen-bond acceptors (Lipinski definition) is 5. The number of hydrogen-bond donors (Lipinski definition) is 3. The summed E-state index contributed by atoms with van der Waals surface area (Å²) in [7, 11) is 0. The third-order valence-electron chi connectivity index (χ3n) is 3.15. The van der Waals surface area contributed by atoms with E-state index in [4.69, 9.17) is 11.5 Å². The number of rotatable bonds is 1. The highest BCUT2D eigenvalue weighted by molar-refractivity contribution is 5.94. The maximum absolute atomic E-state index is 11.3. The lowest BCUT2D eigenvalue weighted by atomic mass is 9.98. The van der Waals surface area contributed by atoms with E-state index in [-0.39, 0.29) is 11.9 Å². The fourth-order valence-electron chi connectivity index (χ4n) is 2.18. The van der Waals surface area contributed by atoms with Gasteiger partial charge in [0.05, 0.1) is 0 Å². The van der Waals surface area contributed by atoms with Gasteiger partial charge in [-0.05, 0) is 29.7 Å². The van der Waals surface area contributed by atoms with E-state index in [2.05, 4.69) is 15.3 Å². The third-order valence-corrected chi connectivity index (χ3v) is 3.15. The van der Waals surface area contributed by atoms with Crippen LogP contribution in [0.15, 0.2) is 24.4 Å². The summed E-state index contributed by atoms with van der Waals surface area (Å²) in [5.74, 6) is 0.564. The highest BCUT2D eigenvalue weighted by atomic mass is 16.1. The molecule has 1 aliphatic heterocycles. The van der Waals surface area contributed by atoms with Crippen LogP contribution in [0.1, 0.15) is 12.0 Å². The zero-order chi connectivity index (χ0) is 13.4. The highest BCUT2D eigenvalue weighted by Crippen LogP contribution is 2.30. The number of anilines is 3. The van der Waals surface area contributed by atoms with Crippen LogP contribution >= 0.6 is 0 Å². The Morgan fingerprint density at radius 1 is 1.21 bits per heavy atom. The number of nitrogens with one attached hydrogen (secondary N) is 1. The molecule has 0 saturated carbocycles. The summed E-state index contributed by atoms with van der Waals surface area (Å²) < 4.78 is 0. The number of nitrogens with two attached hydrogens (primary N) is 2. The molecule has 5 N–H and O–H groups in total. The van der Waals surface area contributed by atoms with E-state index >= 15 is 0 Å². The molecule has 96 valence electrons. The number of fused-ring (bicyclic) bond motifs is 1. The van der Waals surface area contributed by atoms with E-state index in [9.17, 15) is 4.79 Å². The third kappa shape index (κ3) is 2.08. The van der Waals surface area contributed by atoms with Crippen molar-refractivity contribution in [2.24, 2.45) is 0 Å². The number of carbonyl (C=O) groups excluding carboxylic acids is 1. The maximum atomic E-state index is 11.3. The Bertz CT molecular complexity index is 668. The Morgan fingerprint density at radius 3 is 2.84 bits per heavy atom. The van der Waals surface area contributed by atoms with Crippen LogP contribution in [0.2, 0.25) is 0 Å². The summed E-state index contributed by atoms with van der Waals surface area (Å²) in [5, 5.41) is 2.84. The van der Waals surface area contributed by atoms with Crippen LogP contribution in [0.25, 0.3) is 11.1 Å². The molecule has 0 atom stereocenters. The van der Waals surface area contributed by atoms with Crippen molar-refractivity contribution in [1.29, 1.82) is 0 Å². The lowest BCUT2D eigenvalue weighted by Gasteiger charge is -2.17. The van der Waals surface area contributed by atoms with Gasteiger partial charge in [-0.3, -0.25) is 4.79 Å². The molecule has 1 aliphatic rings. The number of benzene rings is 1. The first kappa shape index (κ1) is 11.5. The van der Waals surface area contributed by atoms with Crippen molar-refractivity contribution < 1.29 is 4.79 Å². The minimum absolute atomic E-state index is 0.0515. The summed E-state index contributed by atoms with van der Waals surface area (Å²) in [6.07, 6.45) is 2.84. The second-order valence-electron chi connectivity index (χ2n) is 4.45. The van der Waals surface area contributed by atoms with Gasteiger partial charge in [0.1, 0.15) is 5.82 Å². The predicted molar refractivity (Wildman–Crippen MR) is 73.2 cm³/mol. The summed E-state index contributed by atoms with van der Waals surface area (Å²) >= 11 is 0. The fourth-order valence-corrected chi connectivity index (χ4v) is 2.18. The number of aryl methyl sites for hydroxylation is 1. The Hall–Kier alpha value is -2.63. The molecule has 2 heterocycles. The molecule has 1 amide bonds. The molecule has 0 aliphatic carbocycles. The number of nitrogens with zero attached hydrogens (tertiary/aromatic N) is 2. The molecular formula is C13H13N5O. The molecular weight excluding hydrogens is 242 g/mol. The van der Waals surface area contributed by atoms with Gasteiger partial charge in [-0.15, -0.1) is 0 Å². The van der Waals surface area contributed by atoms with Crippen LogP contribution in [0.4, 0.5) is 17.5 Å². The molecule has 1 aromatic heterocycles. The molecule has 6 heteroatoms. The van der Waals surface area contributed by atoms with E-state index in [0.29, 0.717) is 12.2 Å². The summed E-state index contributed by atoms with van der Waals surface area (Å²) in [5.41, 5.74) is 14.9. The first-order valence-electron chi connectivity index (χ1n) is 5.94. The Labute approximate surface area is 109 Å². The minimum Gasteiger partial charge on any atom is -0.383 e. The normalized spacial score (nSPS) is 13.8. The smallest absolute Gasteiger partial charge is 0.224 e. The molecule has 6 nitrogen and oxygen atoms in total. The van der Waals surface area contributed by atoms with Gasteiger partial charge in [-0.25, -0.2) is 4.98 Å². The van der Waals surface area contributed by atoms with Crippen LogP contribution in [0.5, 0.6) is 0 Å². The van der Waals surface area contributed by atoms with Crippen molar-refractivity contribution >= 4 is 23.4 Å². The Balaban J connectivity index is 2.04. The molecule has 0 radical (unpaired) electrons. The van der Waals surface area contributed by atoms with Crippen molar-refractivity contribution in [2.75, 3.05) is 16.8 Å². The van der Waals surface area contributed by atoms with Crippen LogP contribution < -0.4 is 16.8 Å². The van der Waals surface area contributed by atoms with Crippen molar-refractivity contribution in [3.8, 4) is 11.1 Å². The zero-order valence-electron chi connectivity index (χ0n) is 10.2. The molecule has 19 heavy (non-hydrogen) atoms. The van der Waals surface area contributed by atoms with E-state index < -0.39 is 0 Å². The van der Waals surface area contributed by atoms with Gasteiger partial charge in [0.25, 0.3) is 0 Å². The molecule has 0 unspecified atom stereocenters. The maximum Gasteiger partial charge on any atom is 0.224 e. The fraction of sp³-hybridized carbons (Fsp3) is 0.154. The van der Waals surface area contributed by atoms with Gasteiger partial charge in [0.2, 0.25) is 11.9 Å². The topological polar surface area (TPSA) is 107 Å². The lowest BCUT2D eigenvalue weighted by molar-refractivity contribution is -0.116. The lowest BCUT2D eigenvalue weighted by Crippen LogP contribution is -2.18. The van der Waals surface area contributed by atoms with Gasteiger partial charge >= 0.3 is 0 Å². The van der Waals surface area contributed by atoms with Gasteiger partial charge in [0.15, 0.2) is 0 Å². The Morgan fingerprint density at radius 2 is 2.05 bits per heavy atom. The number of nitrogen functional groups attached to an aromatic ring is 2. The number of amides is 1. The first-order chi connectivity index (χ1) is 9.13. The second kappa shape index (κ2) is 4.24. The van der Waals surface area contributed by atoms with E-state index in [0.717, 1.165) is 28.8 Å². The van der Waals surface area contributed by atoms with E-state index in [1.807, 2.05) is 18.2 Å². The van der Waals surface area contributed by atoms with Crippen LogP contribution in [0.3, 0.4) is 0 Å². The molecule has 1 aromatic carbocycles. The van der Waals surface area contributed by atoms with Gasteiger partial charge in [0, 0.05) is 23.9 Å². The van der Waals surface area contributed by atoms with Crippen molar-refractivity contribution in [3.05, 3.63) is 30.0 Å². The average Bonchev–Trinajstić information content (AvgIpc) is 2.38. The standard InChI is InChI=1S/C13H13N5O/c14-12-9(6-16-13(15)18-12)7-1-3-10-8(5-7)2-4-11(19)17-10/h1,3,5-6H,2,4H2,(H,17,19)(H4,14,15,16,18). The van der Waals surface area contributed by atoms with Gasteiger partial charge < -0.3 is 16.8 Å². The zero-order valence-corrected chi connectivity index (χ0v) is 10.2. The molecule has 0 bridgehead atoms. The SMILES string of the molecule is Nc1ncc(-c2ccc3c(c2)CCC(=O)N3)c(N)n1. The van der Waals surface area contributed by atoms with Crippen LogP contribution in [-0.4, -0.2) is 15.9 Å². The summed E-state index contributed by atoms with van der Waals surface area (Å²) in [6, 6.07) is 5.76. The van der Waals surface area contributed by atoms with Crippen molar-refractivity contribution in [1.82, 2.24) is 9.97 Å². The van der Waals surface area contributed by atoms with Crippen LogP contribution in [0, 0.1) is 0 Å². The molecule has 3 rings (SSSR count). The number of aromatic nitrogens is 2. The Kier molecular flexibility index (Phi) is 2.56. The van der Waals surface area contributed by atoms with E-state index in [1.165, 1.54) is 0 Å². The minimum atomic E-state index is 0.0515. The molecule has 2 aromatic rings. The van der Waals surface area contributed by atoms with Gasteiger partial charge in [-0.1, -0.05) is 6.07 Å². The van der Waals surface area contributed by atoms with Crippen molar-refractivity contribution in [3.63, 3.8) is 0 Å². The second-order valence-corrected chi connectivity index (χ2v) is 4.45.